The predicted octanol–water partition coefficient (Wildman–Crippen LogP) is 2.41. The van der Waals surface area contributed by atoms with Crippen LogP contribution in [0.15, 0.2) is 18.2 Å². The van der Waals surface area contributed by atoms with Crippen LogP contribution in [0.25, 0.3) is 0 Å². The number of hydrogen-bond donors (Lipinski definition) is 1. The number of halogens is 2. The quantitative estimate of drug-likeness (QED) is 0.908. The normalized spacial score (nSPS) is 12.3. The summed E-state index contributed by atoms with van der Waals surface area (Å²) in [4.78, 5) is 13.6. The molecule has 1 unspecified atom stereocenters. The molecule has 1 aromatic rings. The number of rotatable bonds is 3. The van der Waals surface area contributed by atoms with Crippen LogP contribution in [-0.4, -0.2) is 30.4 Å². The topological polar surface area (TPSA) is 46.3 Å². The summed E-state index contributed by atoms with van der Waals surface area (Å²) in [6.07, 6.45) is 0. The molecule has 16 heavy (non-hydrogen) atoms. The zero-order valence-corrected chi connectivity index (χ0v) is 10.7. The molecule has 0 aromatic heterocycles. The van der Waals surface area contributed by atoms with Crippen molar-refractivity contribution in [2.45, 2.75) is 13.0 Å². The van der Waals surface area contributed by atoms with Gasteiger partial charge in [-0.15, -0.1) is 0 Å². The Morgan fingerprint density at radius 3 is 2.56 bits per heavy atom. The molecule has 1 aromatic carbocycles. The Balaban J connectivity index is 2.92. The summed E-state index contributed by atoms with van der Waals surface area (Å²) in [7, 11) is 1.71. The fourth-order valence-corrected chi connectivity index (χ4v) is 1.49. The highest BCUT2D eigenvalue weighted by Gasteiger charge is 2.16. The van der Waals surface area contributed by atoms with Gasteiger partial charge in [0.25, 0.3) is 5.91 Å². The van der Waals surface area contributed by atoms with Crippen LogP contribution in [-0.2, 0) is 0 Å². The number of hydrogen-bond acceptors (Lipinski definition) is 2. The first-order valence-electron chi connectivity index (χ1n) is 4.89. The lowest BCUT2D eigenvalue weighted by atomic mass is 10.2. The molecule has 0 spiro atoms. The highest BCUT2D eigenvalue weighted by molar-refractivity contribution is 6.42. The smallest absolute Gasteiger partial charge is 0.253 e. The molecule has 1 atom stereocenters. The molecule has 2 N–H and O–H groups in total. The minimum Gasteiger partial charge on any atom is -0.338 e. The molecule has 0 fully saturated rings. The van der Waals surface area contributed by atoms with Gasteiger partial charge in [0, 0.05) is 25.2 Å². The maximum Gasteiger partial charge on any atom is 0.253 e. The first kappa shape index (κ1) is 13.3. The second-order valence-corrected chi connectivity index (χ2v) is 4.44. The van der Waals surface area contributed by atoms with Crippen molar-refractivity contribution in [2.24, 2.45) is 5.73 Å². The van der Waals surface area contributed by atoms with Gasteiger partial charge in [0.2, 0.25) is 0 Å². The van der Waals surface area contributed by atoms with Gasteiger partial charge in [-0.1, -0.05) is 23.2 Å². The van der Waals surface area contributed by atoms with Crippen LogP contribution in [0.5, 0.6) is 0 Å². The Morgan fingerprint density at radius 2 is 2.06 bits per heavy atom. The van der Waals surface area contributed by atoms with Crippen LogP contribution in [0.3, 0.4) is 0 Å². The minimum atomic E-state index is -0.114. The molecule has 0 saturated carbocycles. The van der Waals surface area contributed by atoms with Crippen molar-refractivity contribution in [1.82, 2.24) is 4.90 Å². The minimum absolute atomic E-state index is 0.0121. The zero-order valence-electron chi connectivity index (χ0n) is 9.21. The van der Waals surface area contributed by atoms with E-state index in [1.165, 1.54) is 0 Å². The van der Waals surface area contributed by atoms with Crippen molar-refractivity contribution >= 4 is 29.1 Å². The lowest BCUT2D eigenvalue weighted by molar-refractivity contribution is 0.0748. The highest BCUT2D eigenvalue weighted by Crippen LogP contribution is 2.23. The summed E-state index contributed by atoms with van der Waals surface area (Å²) in [5, 5.41) is 0.814. The second-order valence-electron chi connectivity index (χ2n) is 3.63. The van der Waals surface area contributed by atoms with E-state index in [1.807, 2.05) is 6.92 Å². The number of carbonyl (C=O) groups is 1. The van der Waals surface area contributed by atoms with Gasteiger partial charge in [0.05, 0.1) is 10.0 Å². The predicted molar refractivity (Wildman–Crippen MR) is 67.1 cm³/mol. The summed E-state index contributed by atoms with van der Waals surface area (Å²) >= 11 is 11.6. The molecule has 0 aliphatic rings. The van der Waals surface area contributed by atoms with Crippen molar-refractivity contribution in [1.29, 1.82) is 0 Å². The molecule has 0 aliphatic heterocycles. The standard InChI is InChI=1S/C11H14Cl2N2O/c1-7(6-14)15(2)11(16)8-3-4-9(12)10(13)5-8/h3-5,7H,6,14H2,1-2H3. The SMILES string of the molecule is CC(CN)N(C)C(=O)c1ccc(Cl)c(Cl)c1. The lowest BCUT2D eigenvalue weighted by Gasteiger charge is -2.23. The van der Waals surface area contributed by atoms with Crippen LogP contribution in [0.1, 0.15) is 17.3 Å². The van der Waals surface area contributed by atoms with Crippen molar-refractivity contribution in [3.05, 3.63) is 33.8 Å². The molecule has 0 bridgehead atoms. The molecular formula is C11H14Cl2N2O. The fourth-order valence-electron chi connectivity index (χ4n) is 1.19. The Morgan fingerprint density at radius 1 is 1.44 bits per heavy atom. The fraction of sp³-hybridized carbons (Fsp3) is 0.364. The lowest BCUT2D eigenvalue weighted by Crippen LogP contribution is -2.39. The molecule has 0 saturated heterocycles. The molecule has 0 aliphatic carbocycles. The Hall–Kier alpha value is -0.770. The van der Waals surface area contributed by atoms with Gasteiger partial charge in [-0.25, -0.2) is 0 Å². The second kappa shape index (κ2) is 5.53. The van der Waals surface area contributed by atoms with E-state index in [0.29, 0.717) is 22.2 Å². The summed E-state index contributed by atoms with van der Waals surface area (Å²) in [5.74, 6) is -0.114. The molecule has 5 heteroatoms. The number of nitrogens with two attached hydrogens (primary N) is 1. The van der Waals surface area contributed by atoms with E-state index in [1.54, 1.807) is 30.1 Å². The third-order valence-electron chi connectivity index (χ3n) is 2.49. The van der Waals surface area contributed by atoms with Crippen LogP contribution in [0.2, 0.25) is 10.0 Å². The summed E-state index contributed by atoms with van der Waals surface area (Å²) in [6, 6.07) is 4.81. The largest absolute Gasteiger partial charge is 0.338 e. The van der Waals surface area contributed by atoms with Crippen LogP contribution < -0.4 is 5.73 Å². The van der Waals surface area contributed by atoms with E-state index in [0.717, 1.165) is 0 Å². The molecule has 88 valence electrons. The van der Waals surface area contributed by atoms with E-state index < -0.39 is 0 Å². The first-order chi connectivity index (χ1) is 7.47. The van der Waals surface area contributed by atoms with Gasteiger partial charge in [-0.3, -0.25) is 4.79 Å². The molecule has 0 heterocycles. The number of benzene rings is 1. The third-order valence-corrected chi connectivity index (χ3v) is 3.23. The molecular weight excluding hydrogens is 247 g/mol. The van der Waals surface area contributed by atoms with E-state index in [4.69, 9.17) is 28.9 Å². The number of nitrogens with zero attached hydrogens (tertiary/aromatic N) is 1. The molecule has 1 rings (SSSR count). The number of amides is 1. The summed E-state index contributed by atoms with van der Waals surface area (Å²) in [6.45, 7) is 2.30. The van der Waals surface area contributed by atoms with Crippen LogP contribution in [0, 0.1) is 0 Å². The van der Waals surface area contributed by atoms with E-state index >= 15 is 0 Å². The number of carbonyl (C=O) groups excluding carboxylic acids is 1. The molecule has 3 nitrogen and oxygen atoms in total. The van der Waals surface area contributed by atoms with Crippen LogP contribution in [0.4, 0.5) is 0 Å². The Bertz CT molecular complexity index is 396. The summed E-state index contributed by atoms with van der Waals surface area (Å²) in [5.41, 5.74) is 6.01. The first-order valence-corrected chi connectivity index (χ1v) is 5.65. The number of likely N-dealkylation sites (N-methyl/N-ethyl adjacent to an activating group) is 1. The third kappa shape index (κ3) is 2.88. The van der Waals surface area contributed by atoms with Gasteiger partial charge in [0.15, 0.2) is 0 Å². The monoisotopic (exact) mass is 260 g/mol. The Kier molecular flexibility index (Phi) is 4.59. The Labute approximate surface area is 105 Å². The van der Waals surface area contributed by atoms with Crippen molar-refractivity contribution in [2.75, 3.05) is 13.6 Å². The van der Waals surface area contributed by atoms with E-state index in [9.17, 15) is 4.79 Å². The van der Waals surface area contributed by atoms with Gasteiger partial charge in [-0.2, -0.15) is 0 Å². The zero-order chi connectivity index (χ0) is 12.3. The maximum atomic E-state index is 12.0. The molecule has 0 radical (unpaired) electrons. The van der Waals surface area contributed by atoms with E-state index in [2.05, 4.69) is 0 Å². The average Bonchev–Trinajstić information content (AvgIpc) is 2.29. The van der Waals surface area contributed by atoms with Gasteiger partial charge >= 0.3 is 0 Å². The average molecular weight is 261 g/mol. The van der Waals surface area contributed by atoms with Crippen molar-refractivity contribution in [3.63, 3.8) is 0 Å². The van der Waals surface area contributed by atoms with Gasteiger partial charge < -0.3 is 10.6 Å². The van der Waals surface area contributed by atoms with E-state index in [-0.39, 0.29) is 11.9 Å². The maximum absolute atomic E-state index is 12.0. The summed E-state index contributed by atoms with van der Waals surface area (Å²) < 4.78 is 0. The van der Waals surface area contributed by atoms with Crippen LogP contribution >= 0.6 is 23.2 Å². The molecule has 1 amide bonds. The van der Waals surface area contributed by atoms with Gasteiger partial charge in [-0.05, 0) is 25.1 Å². The van der Waals surface area contributed by atoms with Crippen molar-refractivity contribution in [3.8, 4) is 0 Å². The van der Waals surface area contributed by atoms with Gasteiger partial charge in [0.1, 0.15) is 0 Å². The highest BCUT2D eigenvalue weighted by atomic mass is 35.5. The van der Waals surface area contributed by atoms with Crippen molar-refractivity contribution < 1.29 is 4.79 Å².